The number of aliphatic carboxylic acids is 1. The van der Waals surface area contributed by atoms with E-state index in [9.17, 15) is 9.59 Å². The Morgan fingerprint density at radius 3 is 2.71 bits per heavy atom. The maximum Gasteiger partial charge on any atom is 0.413 e. The van der Waals surface area contributed by atoms with Crippen LogP contribution in [-0.4, -0.2) is 35.0 Å². The molecular formula is C14H12ClN3O5S. The minimum Gasteiger partial charge on any atom is -0.476 e. The molecule has 10 heteroatoms. The third kappa shape index (κ3) is 4.67. The van der Waals surface area contributed by atoms with Crippen molar-refractivity contribution in [3.63, 3.8) is 0 Å². The molecule has 0 atom stereocenters. The lowest BCUT2D eigenvalue weighted by Crippen LogP contribution is -2.17. The summed E-state index contributed by atoms with van der Waals surface area (Å²) in [5.74, 6) is -1.36. The number of amides is 1. The number of nitrogens with zero attached hydrogens (tertiary/aromatic N) is 2. The van der Waals surface area contributed by atoms with Crippen molar-refractivity contribution in [1.29, 1.82) is 0 Å². The largest absolute Gasteiger partial charge is 0.476 e. The molecule has 0 radical (unpaired) electrons. The molecule has 8 nitrogen and oxygen atoms in total. The van der Waals surface area contributed by atoms with E-state index in [1.165, 1.54) is 7.11 Å². The number of rotatable bonds is 6. The van der Waals surface area contributed by atoms with E-state index in [0.29, 0.717) is 0 Å². The number of carboxylic acid groups (broad SMARTS) is 1. The number of hydrogen-bond donors (Lipinski definition) is 2. The summed E-state index contributed by atoms with van der Waals surface area (Å²) < 4.78 is 5.09. The Labute approximate surface area is 145 Å². The molecule has 0 bridgehead atoms. The number of benzene rings is 1. The van der Waals surface area contributed by atoms with Crippen molar-refractivity contribution in [3.8, 4) is 0 Å². The zero-order chi connectivity index (χ0) is 17.5. The maximum absolute atomic E-state index is 11.8. The summed E-state index contributed by atoms with van der Waals surface area (Å²) in [7, 11) is 1.20. The lowest BCUT2D eigenvalue weighted by Gasteiger charge is -2.04. The Morgan fingerprint density at radius 1 is 1.38 bits per heavy atom. The molecule has 1 aromatic heterocycles. The van der Waals surface area contributed by atoms with Gasteiger partial charge < -0.3 is 14.7 Å². The van der Waals surface area contributed by atoms with E-state index < -0.39 is 17.8 Å². The summed E-state index contributed by atoms with van der Waals surface area (Å²) >= 11 is 6.82. The van der Waals surface area contributed by atoms with Crippen LogP contribution in [0.5, 0.6) is 0 Å². The van der Waals surface area contributed by atoms with Crippen molar-refractivity contribution >= 4 is 45.8 Å². The highest BCUT2D eigenvalue weighted by molar-refractivity contribution is 7.20. The number of aromatic nitrogens is 1. The Morgan fingerprint density at radius 2 is 2.08 bits per heavy atom. The third-order valence-electron chi connectivity index (χ3n) is 2.62. The lowest BCUT2D eigenvalue weighted by atomic mass is 10.2. The number of halogens is 1. The predicted molar refractivity (Wildman–Crippen MR) is 88.6 cm³/mol. The van der Waals surface area contributed by atoms with Crippen LogP contribution in [0.15, 0.2) is 35.5 Å². The number of hydrogen-bond acceptors (Lipinski definition) is 7. The number of carbonyl (C=O) groups is 2. The van der Waals surface area contributed by atoms with Crippen LogP contribution in [0, 0.1) is 0 Å². The average molecular weight is 370 g/mol. The van der Waals surface area contributed by atoms with Gasteiger partial charge in [-0.05, 0) is 5.56 Å². The molecule has 0 unspecified atom stereocenters. The first-order valence-electron chi connectivity index (χ1n) is 6.50. The Balaban J connectivity index is 2.03. The van der Waals surface area contributed by atoms with Gasteiger partial charge in [-0.1, -0.05) is 58.4 Å². The lowest BCUT2D eigenvalue weighted by molar-refractivity contribution is -0.129. The van der Waals surface area contributed by atoms with Crippen LogP contribution in [0.25, 0.3) is 0 Å². The van der Waals surface area contributed by atoms with Gasteiger partial charge in [-0.15, -0.1) is 0 Å². The van der Waals surface area contributed by atoms with Crippen molar-refractivity contribution in [2.45, 2.75) is 6.61 Å². The molecule has 1 aromatic carbocycles. The Kier molecular flexibility index (Phi) is 6.10. The van der Waals surface area contributed by atoms with Gasteiger partial charge in [-0.3, -0.25) is 5.32 Å². The molecular weight excluding hydrogens is 358 g/mol. The highest BCUT2D eigenvalue weighted by atomic mass is 35.5. The van der Waals surface area contributed by atoms with Gasteiger partial charge in [0.1, 0.15) is 23.7 Å². The molecule has 0 aliphatic carbocycles. The SMILES string of the molecule is CO/N=C(\C(=O)O)c1nc(NC(=O)OCc2ccccc2)sc1Cl. The van der Waals surface area contributed by atoms with Crippen LogP contribution >= 0.6 is 22.9 Å². The topological polar surface area (TPSA) is 110 Å². The number of carboxylic acids is 1. The number of oxime groups is 1. The monoisotopic (exact) mass is 369 g/mol. The summed E-state index contributed by atoms with van der Waals surface area (Å²) in [6, 6.07) is 9.13. The molecule has 24 heavy (non-hydrogen) atoms. The Hall–Kier alpha value is -2.65. The molecule has 1 heterocycles. The van der Waals surface area contributed by atoms with E-state index in [0.717, 1.165) is 16.9 Å². The molecule has 0 saturated carbocycles. The van der Waals surface area contributed by atoms with Crippen molar-refractivity contribution in [3.05, 3.63) is 45.9 Å². The minimum atomic E-state index is -1.36. The summed E-state index contributed by atoms with van der Waals surface area (Å²) in [6.07, 6.45) is -0.739. The van der Waals surface area contributed by atoms with Gasteiger partial charge in [-0.2, -0.15) is 0 Å². The first-order chi connectivity index (χ1) is 11.5. The van der Waals surface area contributed by atoms with Crippen LogP contribution in [0.3, 0.4) is 0 Å². The second-order valence-corrected chi connectivity index (χ2v) is 5.86. The molecule has 0 saturated heterocycles. The normalized spacial score (nSPS) is 11.0. The smallest absolute Gasteiger partial charge is 0.413 e. The van der Waals surface area contributed by atoms with Crippen LogP contribution in [0.2, 0.25) is 4.34 Å². The van der Waals surface area contributed by atoms with E-state index in [4.69, 9.17) is 21.4 Å². The fourth-order valence-electron chi connectivity index (χ4n) is 1.62. The molecule has 1 amide bonds. The molecule has 126 valence electrons. The van der Waals surface area contributed by atoms with Gasteiger partial charge in [0, 0.05) is 0 Å². The number of thiazole rings is 1. The molecule has 0 spiro atoms. The quantitative estimate of drug-likeness (QED) is 0.598. The van der Waals surface area contributed by atoms with E-state index >= 15 is 0 Å². The predicted octanol–water partition coefficient (Wildman–Crippen LogP) is 2.98. The van der Waals surface area contributed by atoms with Gasteiger partial charge >= 0.3 is 12.1 Å². The van der Waals surface area contributed by atoms with E-state index in [1.54, 1.807) is 0 Å². The van der Waals surface area contributed by atoms with Gasteiger partial charge in [0.05, 0.1) is 0 Å². The van der Waals surface area contributed by atoms with Crippen molar-refractivity contribution < 1.29 is 24.3 Å². The van der Waals surface area contributed by atoms with E-state index in [2.05, 4.69) is 20.3 Å². The summed E-state index contributed by atoms with van der Waals surface area (Å²) in [5.41, 5.74) is 0.254. The zero-order valence-corrected chi connectivity index (χ0v) is 13.9. The number of ether oxygens (including phenoxy) is 1. The zero-order valence-electron chi connectivity index (χ0n) is 12.4. The van der Waals surface area contributed by atoms with Crippen LogP contribution in [-0.2, 0) is 21.0 Å². The molecule has 2 rings (SSSR count). The molecule has 0 aliphatic heterocycles. The summed E-state index contributed by atoms with van der Waals surface area (Å²) in [4.78, 5) is 31.3. The summed E-state index contributed by atoms with van der Waals surface area (Å²) in [6.45, 7) is 0.0874. The fraction of sp³-hybridized carbons (Fsp3) is 0.143. The van der Waals surface area contributed by atoms with E-state index in [-0.39, 0.29) is 21.8 Å². The maximum atomic E-state index is 11.8. The molecule has 0 fully saturated rings. The molecule has 2 aromatic rings. The number of anilines is 1. The van der Waals surface area contributed by atoms with Gasteiger partial charge in [0.15, 0.2) is 5.13 Å². The average Bonchev–Trinajstić information content (AvgIpc) is 2.91. The highest BCUT2D eigenvalue weighted by Crippen LogP contribution is 2.28. The van der Waals surface area contributed by atoms with Crippen molar-refractivity contribution in [2.75, 3.05) is 12.4 Å². The van der Waals surface area contributed by atoms with E-state index in [1.807, 2.05) is 30.3 Å². The van der Waals surface area contributed by atoms with Crippen molar-refractivity contribution in [2.24, 2.45) is 5.16 Å². The molecule has 2 N–H and O–H groups in total. The highest BCUT2D eigenvalue weighted by Gasteiger charge is 2.23. The first-order valence-corrected chi connectivity index (χ1v) is 7.69. The van der Waals surface area contributed by atoms with Gasteiger partial charge in [-0.25, -0.2) is 14.6 Å². The Bertz CT molecular complexity index is 763. The van der Waals surface area contributed by atoms with Crippen LogP contribution in [0.1, 0.15) is 11.3 Å². The van der Waals surface area contributed by atoms with Crippen molar-refractivity contribution in [1.82, 2.24) is 4.98 Å². The number of carbonyl (C=O) groups excluding carboxylic acids is 1. The standard InChI is InChI=1S/C14H12ClN3O5S/c1-22-18-10(12(19)20)9-11(15)24-13(16-9)17-14(21)23-7-8-5-3-2-4-6-8/h2-6H,7H2,1H3,(H,19,20)(H,16,17,21)/b18-10-. The van der Waals surface area contributed by atoms with Gasteiger partial charge in [0.2, 0.25) is 5.71 Å². The fourth-order valence-corrected chi connectivity index (χ4v) is 2.65. The third-order valence-corrected chi connectivity index (χ3v) is 3.79. The second-order valence-electron chi connectivity index (χ2n) is 4.26. The first kappa shape index (κ1) is 17.7. The minimum absolute atomic E-state index is 0.0477. The molecule has 0 aliphatic rings. The van der Waals surface area contributed by atoms with Crippen LogP contribution < -0.4 is 5.32 Å². The van der Waals surface area contributed by atoms with Crippen LogP contribution in [0.4, 0.5) is 9.93 Å². The van der Waals surface area contributed by atoms with Gasteiger partial charge in [0.25, 0.3) is 0 Å². The second kappa shape index (κ2) is 8.27. The number of nitrogens with one attached hydrogen (secondary N) is 1. The summed E-state index contributed by atoms with van der Waals surface area (Å²) in [5, 5.41) is 14.9.